The van der Waals surface area contributed by atoms with Crippen molar-refractivity contribution >= 4 is 32.8 Å². The number of benzene rings is 1. The van der Waals surface area contributed by atoms with Gasteiger partial charge in [0.15, 0.2) is 0 Å². The lowest BCUT2D eigenvalue weighted by Gasteiger charge is -2.34. The first kappa shape index (κ1) is 33.1. The summed E-state index contributed by atoms with van der Waals surface area (Å²) < 4.78 is 58.7. The maximum Gasteiger partial charge on any atom is 0.302 e. The van der Waals surface area contributed by atoms with Crippen LogP contribution in [0.3, 0.4) is 0 Å². The number of aromatic nitrogens is 2. The van der Waals surface area contributed by atoms with E-state index in [-0.39, 0.29) is 35.3 Å². The van der Waals surface area contributed by atoms with Crippen molar-refractivity contribution < 1.29 is 27.1 Å². The van der Waals surface area contributed by atoms with E-state index < -0.39 is 33.6 Å². The number of nitrogens with zero attached hydrogens (tertiary/aromatic N) is 4. The number of nitrogens with one attached hydrogen (secondary N) is 2. The van der Waals surface area contributed by atoms with E-state index >= 15 is 8.78 Å². The molecule has 1 saturated heterocycles. The number of likely N-dealkylation sites (tertiary alicyclic amines) is 1. The highest BCUT2D eigenvalue weighted by Gasteiger charge is 2.38. The van der Waals surface area contributed by atoms with E-state index in [1.54, 1.807) is 18.2 Å². The van der Waals surface area contributed by atoms with Gasteiger partial charge in [0.25, 0.3) is 5.91 Å². The second-order valence-corrected chi connectivity index (χ2v) is 14.6. The number of pyridine rings is 2. The minimum Gasteiger partial charge on any atom is -0.393 e. The van der Waals surface area contributed by atoms with Gasteiger partial charge in [-0.05, 0) is 73.4 Å². The van der Waals surface area contributed by atoms with E-state index in [1.165, 1.54) is 32.4 Å². The fraction of sp³-hybridized carbons (Fsp3) is 0.531. The lowest BCUT2D eigenvalue weighted by atomic mass is 9.77. The number of carbonyl (C=O) groups excluding carboxylic acids is 1. The van der Waals surface area contributed by atoms with Crippen LogP contribution in [0, 0.1) is 11.7 Å². The molecule has 0 unspecified atom stereocenters. The normalized spacial score (nSPS) is 20.4. The molecule has 1 aliphatic carbocycles. The smallest absolute Gasteiger partial charge is 0.302 e. The summed E-state index contributed by atoms with van der Waals surface area (Å²) in [6, 6.07) is 7.22. The molecule has 10 nitrogen and oxygen atoms in total. The Balaban J connectivity index is 1.39. The Labute approximate surface area is 263 Å². The number of hydrogen-bond donors (Lipinski definition) is 3. The number of halogens is 2. The van der Waals surface area contributed by atoms with Crippen LogP contribution in [-0.4, -0.2) is 84.1 Å². The predicted octanol–water partition coefficient (Wildman–Crippen LogP) is 4.16. The summed E-state index contributed by atoms with van der Waals surface area (Å²) in [7, 11) is -0.935. The standard InChI is InChI=1S/C32H42F2N6O4S/c1-20(2)32(34)11-7-27-24(18-32)16-22-15-23(17-26(33)30(22)36-27)31(42)37-28(10-14-40-12-8-25(41)9-13-40)21-5-6-29(35-19-21)38-45(43,44)39(3)4/h5-6,15-17,19-20,25,28,41H,7-14,18H2,1-4H3,(H,35,38)(H,37,42)/t28-,32+/m1/s1. The van der Waals surface area contributed by atoms with Crippen molar-refractivity contribution in [2.24, 2.45) is 5.92 Å². The number of carbonyl (C=O) groups is 1. The largest absolute Gasteiger partial charge is 0.393 e. The van der Waals surface area contributed by atoms with Crippen LogP contribution >= 0.6 is 0 Å². The third-order valence-corrected chi connectivity index (χ3v) is 10.5. The first-order chi connectivity index (χ1) is 21.2. The van der Waals surface area contributed by atoms with Crippen LogP contribution in [0.15, 0.2) is 36.5 Å². The summed E-state index contributed by atoms with van der Waals surface area (Å²) in [5, 5.41) is 13.3. The van der Waals surface area contributed by atoms with Crippen molar-refractivity contribution in [3.8, 4) is 0 Å². The summed E-state index contributed by atoms with van der Waals surface area (Å²) in [6.45, 7) is 5.82. The molecule has 13 heteroatoms. The minimum absolute atomic E-state index is 0.113. The average molecular weight is 645 g/mol. The topological polar surface area (TPSA) is 128 Å². The first-order valence-electron chi connectivity index (χ1n) is 15.4. The molecule has 2 aliphatic rings. The molecule has 3 N–H and O–H groups in total. The molecule has 45 heavy (non-hydrogen) atoms. The maximum atomic E-state index is 15.5. The van der Waals surface area contributed by atoms with Gasteiger partial charge in [-0.1, -0.05) is 19.9 Å². The van der Waals surface area contributed by atoms with E-state index in [2.05, 4.69) is 24.9 Å². The van der Waals surface area contributed by atoms with E-state index in [0.717, 1.165) is 23.0 Å². The number of hydrogen-bond acceptors (Lipinski definition) is 7. The molecule has 2 atom stereocenters. The van der Waals surface area contributed by atoms with Crippen molar-refractivity contribution in [3.63, 3.8) is 0 Å². The van der Waals surface area contributed by atoms with Gasteiger partial charge in [-0.3, -0.25) is 9.52 Å². The van der Waals surface area contributed by atoms with Crippen LogP contribution in [0.4, 0.5) is 14.6 Å². The van der Waals surface area contributed by atoms with Crippen LogP contribution in [0.2, 0.25) is 0 Å². The van der Waals surface area contributed by atoms with E-state index in [1.807, 2.05) is 13.8 Å². The minimum atomic E-state index is -3.74. The monoisotopic (exact) mass is 644 g/mol. The zero-order valence-electron chi connectivity index (χ0n) is 26.2. The number of aliphatic hydroxyl groups is 1. The molecule has 1 fully saturated rings. The van der Waals surface area contributed by atoms with E-state index in [9.17, 15) is 18.3 Å². The molecular formula is C32H42F2N6O4S. The molecule has 1 aromatic carbocycles. The Morgan fingerprint density at radius 2 is 1.93 bits per heavy atom. The van der Waals surface area contributed by atoms with Crippen molar-refractivity contribution in [2.45, 2.75) is 70.2 Å². The Kier molecular flexibility index (Phi) is 9.73. The van der Waals surface area contributed by atoms with Crippen LogP contribution in [0.1, 0.15) is 72.8 Å². The SMILES string of the molecule is CC(C)[C@]1(F)CCc2nc3c(F)cc(C(=O)N[C@H](CCN4CCC(O)CC4)c4ccc(NS(=O)(=O)N(C)C)nc4)cc3cc2C1. The third kappa shape index (κ3) is 7.59. The summed E-state index contributed by atoms with van der Waals surface area (Å²) in [6.07, 6.45) is 4.03. The molecule has 0 radical (unpaired) electrons. The van der Waals surface area contributed by atoms with Crippen molar-refractivity contribution in [1.29, 1.82) is 0 Å². The predicted molar refractivity (Wildman–Crippen MR) is 169 cm³/mol. The Hall–Kier alpha value is -3.26. The van der Waals surface area contributed by atoms with Crippen molar-refractivity contribution in [1.82, 2.24) is 24.5 Å². The van der Waals surface area contributed by atoms with E-state index in [0.29, 0.717) is 55.3 Å². The van der Waals surface area contributed by atoms with Gasteiger partial charge in [0, 0.05) is 63.0 Å². The number of alkyl halides is 1. The molecule has 3 heterocycles. The lowest BCUT2D eigenvalue weighted by molar-refractivity contribution is 0.0794. The molecule has 3 aromatic rings. The zero-order valence-corrected chi connectivity index (χ0v) is 27.0. The summed E-state index contributed by atoms with van der Waals surface area (Å²) in [5.41, 5.74) is 1.00. The van der Waals surface area contributed by atoms with Crippen LogP contribution in [0.25, 0.3) is 10.9 Å². The quantitative estimate of drug-likeness (QED) is 0.303. The highest BCUT2D eigenvalue weighted by molar-refractivity contribution is 7.90. The molecular weight excluding hydrogens is 602 g/mol. The fourth-order valence-corrected chi connectivity index (χ4v) is 6.53. The highest BCUT2D eigenvalue weighted by Crippen LogP contribution is 2.38. The summed E-state index contributed by atoms with van der Waals surface area (Å²) >= 11 is 0. The maximum absolute atomic E-state index is 15.5. The number of piperidine rings is 1. The Morgan fingerprint density at radius 3 is 2.58 bits per heavy atom. The van der Waals surface area contributed by atoms with Gasteiger partial charge in [0.05, 0.1) is 12.1 Å². The zero-order chi connectivity index (χ0) is 32.5. The molecule has 0 bridgehead atoms. The van der Waals surface area contributed by atoms with Gasteiger partial charge in [-0.15, -0.1) is 0 Å². The molecule has 0 saturated carbocycles. The lowest BCUT2D eigenvalue weighted by Crippen LogP contribution is -2.38. The number of aryl methyl sites for hydroxylation is 1. The second-order valence-electron chi connectivity index (χ2n) is 12.7. The van der Waals surface area contributed by atoms with Gasteiger partial charge >= 0.3 is 10.2 Å². The number of amides is 1. The third-order valence-electron chi connectivity index (χ3n) is 9.10. The number of fused-ring (bicyclic) bond motifs is 2. The molecule has 1 amide bonds. The molecule has 244 valence electrons. The summed E-state index contributed by atoms with van der Waals surface area (Å²) in [5.74, 6) is -1.15. The fourth-order valence-electron chi connectivity index (χ4n) is 5.96. The molecule has 0 spiro atoms. The van der Waals surface area contributed by atoms with Gasteiger partial charge < -0.3 is 15.3 Å². The average Bonchev–Trinajstić information content (AvgIpc) is 2.99. The van der Waals surface area contributed by atoms with Crippen LogP contribution in [0.5, 0.6) is 0 Å². The van der Waals surface area contributed by atoms with Gasteiger partial charge in [0.2, 0.25) is 0 Å². The molecule has 5 rings (SSSR count). The highest BCUT2D eigenvalue weighted by atomic mass is 32.2. The van der Waals surface area contributed by atoms with Gasteiger partial charge in [0.1, 0.15) is 22.8 Å². The molecule has 2 aromatic heterocycles. The Morgan fingerprint density at radius 1 is 1.20 bits per heavy atom. The van der Waals surface area contributed by atoms with Crippen molar-refractivity contribution in [3.05, 3.63) is 64.7 Å². The number of aliphatic hydroxyl groups excluding tert-OH is 1. The first-order valence-corrected chi connectivity index (χ1v) is 16.9. The number of anilines is 1. The van der Waals surface area contributed by atoms with Gasteiger partial charge in [-0.2, -0.15) is 12.7 Å². The number of rotatable bonds is 10. The van der Waals surface area contributed by atoms with Crippen LogP contribution < -0.4 is 10.0 Å². The second kappa shape index (κ2) is 13.2. The molecule has 1 aliphatic heterocycles. The van der Waals surface area contributed by atoms with Crippen molar-refractivity contribution in [2.75, 3.05) is 38.5 Å². The van der Waals surface area contributed by atoms with E-state index in [4.69, 9.17) is 0 Å². The summed E-state index contributed by atoms with van der Waals surface area (Å²) in [4.78, 5) is 24.6. The van der Waals surface area contributed by atoms with Gasteiger partial charge in [-0.25, -0.2) is 18.7 Å². The van der Waals surface area contributed by atoms with Crippen LogP contribution in [-0.2, 0) is 23.1 Å². The Bertz CT molecular complexity index is 1650.